The van der Waals surface area contributed by atoms with Crippen LogP contribution in [0.3, 0.4) is 0 Å². The molecule has 0 bridgehead atoms. The van der Waals surface area contributed by atoms with E-state index in [0.717, 1.165) is 12.8 Å². The third-order valence-corrected chi connectivity index (χ3v) is 3.96. The molecule has 1 aromatic rings. The molecule has 21 heavy (non-hydrogen) atoms. The maximum absolute atomic E-state index is 12.1. The molecule has 1 atom stereocenters. The summed E-state index contributed by atoms with van der Waals surface area (Å²) in [6.07, 6.45) is 3.76. The minimum Gasteiger partial charge on any atom is -0.396 e. The average molecular weight is 289 g/mol. The van der Waals surface area contributed by atoms with Crippen molar-refractivity contribution >= 4 is 11.7 Å². The van der Waals surface area contributed by atoms with Crippen molar-refractivity contribution in [3.8, 4) is 0 Å². The zero-order chi connectivity index (χ0) is 15.2. The molecule has 114 valence electrons. The van der Waals surface area contributed by atoms with E-state index >= 15 is 0 Å². The van der Waals surface area contributed by atoms with E-state index in [-0.39, 0.29) is 37.1 Å². The fourth-order valence-corrected chi connectivity index (χ4v) is 2.56. The first-order valence-corrected chi connectivity index (χ1v) is 7.62. The van der Waals surface area contributed by atoms with E-state index in [9.17, 15) is 9.59 Å². The topological polar surface area (TPSA) is 66.4 Å². The first-order valence-electron chi connectivity index (χ1n) is 7.62. The average Bonchev–Trinajstić information content (AvgIpc) is 2.97. The summed E-state index contributed by atoms with van der Waals surface area (Å²) in [5, 5.41) is 11.6. The molecule has 2 N–H and O–H groups in total. The van der Waals surface area contributed by atoms with Crippen LogP contribution < -0.4 is 5.32 Å². The van der Waals surface area contributed by atoms with Crippen LogP contribution in [0.1, 0.15) is 47.7 Å². The van der Waals surface area contributed by atoms with Crippen molar-refractivity contribution in [1.82, 2.24) is 5.32 Å². The van der Waals surface area contributed by atoms with Crippen LogP contribution >= 0.6 is 0 Å². The van der Waals surface area contributed by atoms with E-state index in [0.29, 0.717) is 12.1 Å². The number of hydrogen-bond acceptors (Lipinski definition) is 3. The van der Waals surface area contributed by atoms with Crippen molar-refractivity contribution in [3.05, 3.63) is 34.9 Å². The minimum atomic E-state index is -0.134. The molecule has 0 aliphatic heterocycles. The van der Waals surface area contributed by atoms with Crippen molar-refractivity contribution < 1.29 is 14.7 Å². The van der Waals surface area contributed by atoms with Gasteiger partial charge in [0.05, 0.1) is 0 Å². The third-order valence-electron chi connectivity index (χ3n) is 3.96. The molecule has 1 aliphatic carbocycles. The highest BCUT2D eigenvalue weighted by Crippen LogP contribution is 2.23. The van der Waals surface area contributed by atoms with Gasteiger partial charge in [-0.15, -0.1) is 0 Å². The zero-order valence-corrected chi connectivity index (χ0v) is 12.5. The van der Waals surface area contributed by atoms with Gasteiger partial charge in [-0.05, 0) is 42.4 Å². The number of aryl methyl sites for hydroxylation is 2. The minimum absolute atomic E-state index is 0.0232. The van der Waals surface area contributed by atoms with Crippen LogP contribution in [0.2, 0.25) is 0 Å². The van der Waals surface area contributed by atoms with Gasteiger partial charge in [0, 0.05) is 31.6 Å². The summed E-state index contributed by atoms with van der Waals surface area (Å²) < 4.78 is 0. The Morgan fingerprint density at radius 2 is 2.00 bits per heavy atom. The summed E-state index contributed by atoms with van der Waals surface area (Å²) in [7, 11) is 0. The quantitative estimate of drug-likeness (QED) is 0.753. The molecule has 0 fully saturated rings. The molecule has 0 spiro atoms. The van der Waals surface area contributed by atoms with Gasteiger partial charge in [-0.25, -0.2) is 0 Å². The highest BCUT2D eigenvalue weighted by Gasteiger charge is 2.15. The Balaban J connectivity index is 1.80. The van der Waals surface area contributed by atoms with Gasteiger partial charge in [-0.2, -0.15) is 0 Å². The monoisotopic (exact) mass is 289 g/mol. The second-order valence-corrected chi connectivity index (χ2v) is 5.85. The van der Waals surface area contributed by atoms with E-state index in [1.54, 1.807) is 0 Å². The highest BCUT2D eigenvalue weighted by molar-refractivity contribution is 5.98. The molecule has 1 amide bonds. The molecule has 4 nitrogen and oxygen atoms in total. The molecular weight excluding hydrogens is 266 g/mol. The number of carbonyl (C=O) groups is 2. The molecule has 0 saturated heterocycles. The Kier molecular flexibility index (Phi) is 5.51. The molecular formula is C17H23NO3. The van der Waals surface area contributed by atoms with Crippen LogP contribution in [-0.2, 0) is 17.6 Å². The highest BCUT2D eigenvalue weighted by atomic mass is 16.3. The van der Waals surface area contributed by atoms with Gasteiger partial charge in [0.2, 0.25) is 5.91 Å². The Morgan fingerprint density at radius 1 is 1.24 bits per heavy atom. The number of aliphatic hydroxyl groups excluding tert-OH is 1. The van der Waals surface area contributed by atoms with Crippen LogP contribution in [-0.4, -0.2) is 29.9 Å². The van der Waals surface area contributed by atoms with E-state index in [2.05, 4.69) is 5.32 Å². The molecule has 0 aromatic heterocycles. The second-order valence-electron chi connectivity index (χ2n) is 5.85. The van der Waals surface area contributed by atoms with Crippen LogP contribution in [0.25, 0.3) is 0 Å². The van der Waals surface area contributed by atoms with Gasteiger partial charge in [0.1, 0.15) is 0 Å². The Bertz CT molecular complexity index is 525. The lowest BCUT2D eigenvalue weighted by atomic mass is 10.0. The predicted molar refractivity (Wildman–Crippen MR) is 81.3 cm³/mol. The number of ketones is 1. The number of Topliss-reactive ketones (excluding diaryl/α,β-unsaturated/α-hetero) is 1. The number of amides is 1. The van der Waals surface area contributed by atoms with Crippen molar-refractivity contribution in [3.63, 3.8) is 0 Å². The van der Waals surface area contributed by atoms with E-state index < -0.39 is 0 Å². The van der Waals surface area contributed by atoms with Crippen molar-refractivity contribution in [2.24, 2.45) is 5.92 Å². The first kappa shape index (κ1) is 15.7. The summed E-state index contributed by atoms with van der Waals surface area (Å²) in [5.74, 6) is -0.0683. The SMILES string of the molecule is CC(CO)CNC(=O)CCC(=O)c1ccc2c(c1)CCC2. The smallest absolute Gasteiger partial charge is 0.220 e. The van der Waals surface area contributed by atoms with E-state index in [1.165, 1.54) is 17.5 Å². The van der Waals surface area contributed by atoms with Crippen LogP contribution in [0.15, 0.2) is 18.2 Å². The standard InChI is InChI=1S/C17H23NO3/c1-12(11-19)10-18-17(21)8-7-16(20)15-6-5-13-3-2-4-14(13)9-15/h5-6,9,12,19H,2-4,7-8,10-11H2,1H3,(H,18,21). The lowest BCUT2D eigenvalue weighted by molar-refractivity contribution is -0.121. The normalized spacial score (nSPS) is 14.6. The molecule has 1 aliphatic rings. The Hall–Kier alpha value is -1.68. The van der Waals surface area contributed by atoms with Crippen molar-refractivity contribution in [2.75, 3.05) is 13.2 Å². The van der Waals surface area contributed by atoms with Crippen LogP contribution in [0.4, 0.5) is 0 Å². The number of benzene rings is 1. The fourth-order valence-electron chi connectivity index (χ4n) is 2.56. The molecule has 0 saturated carbocycles. The summed E-state index contributed by atoms with van der Waals surface area (Å²) in [6.45, 7) is 2.35. The Labute approximate surface area is 125 Å². The van der Waals surface area contributed by atoms with Gasteiger partial charge >= 0.3 is 0 Å². The number of hydrogen-bond donors (Lipinski definition) is 2. The molecule has 1 aromatic carbocycles. The molecule has 4 heteroatoms. The van der Waals surface area contributed by atoms with Gasteiger partial charge in [0.25, 0.3) is 0 Å². The van der Waals surface area contributed by atoms with Gasteiger partial charge in [-0.1, -0.05) is 19.1 Å². The van der Waals surface area contributed by atoms with Gasteiger partial charge in [-0.3, -0.25) is 9.59 Å². The Morgan fingerprint density at radius 3 is 2.76 bits per heavy atom. The number of carbonyl (C=O) groups excluding carboxylic acids is 2. The third kappa shape index (κ3) is 4.39. The van der Waals surface area contributed by atoms with Crippen molar-refractivity contribution in [2.45, 2.75) is 39.0 Å². The van der Waals surface area contributed by atoms with Crippen LogP contribution in [0, 0.1) is 5.92 Å². The summed E-state index contributed by atoms with van der Waals surface area (Å²) in [4.78, 5) is 23.8. The molecule has 2 rings (SSSR count). The molecule has 0 heterocycles. The maximum Gasteiger partial charge on any atom is 0.220 e. The summed E-state index contributed by atoms with van der Waals surface area (Å²) >= 11 is 0. The van der Waals surface area contributed by atoms with E-state index in [4.69, 9.17) is 5.11 Å². The maximum atomic E-state index is 12.1. The largest absolute Gasteiger partial charge is 0.396 e. The number of aliphatic hydroxyl groups is 1. The number of rotatable bonds is 7. The zero-order valence-electron chi connectivity index (χ0n) is 12.5. The fraction of sp³-hybridized carbons (Fsp3) is 0.529. The summed E-state index contributed by atoms with van der Waals surface area (Å²) in [6, 6.07) is 5.90. The van der Waals surface area contributed by atoms with Gasteiger partial charge < -0.3 is 10.4 Å². The summed E-state index contributed by atoms with van der Waals surface area (Å²) in [5.41, 5.74) is 3.34. The van der Waals surface area contributed by atoms with Crippen LogP contribution in [0.5, 0.6) is 0 Å². The number of nitrogens with one attached hydrogen (secondary N) is 1. The second kappa shape index (κ2) is 7.36. The van der Waals surface area contributed by atoms with Crippen molar-refractivity contribution in [1.29, 1.82) is 0 Å². The lowest BCUT2D eigenvalue weighted by Gasteiger charge is -2.09. The predicted octanol–water partition coefficient (Wildman–Crippen LogP) is 1.88. The number of fused-ring (bicyclic) bond motifs is 1. The van der Waals surface area contributed by atoms with Gasteiger partial charge in [0.15, 0.2) is 5.78 Å². The molecule has 0 radical (unpaired) electrons. The molecule has 1 unspecified atom stereocenters. The first-order chi connectivity index (χ1) is 10.1. The lowest BCUT2D eigenvalue weighted by Crippen LogP contribution is -2.29. The van der Waals surface area contributed by atoms with E-state index in [1.807, 2.05) is 25.1 Å².